The number of esters is 1. The van der Waals surface area contributed by atoms with Crippen LogP contribution in [0.5, 0.6) is 0 Å². The van der Waals surface area contributed by atoms with Crippen molar-refractivity contribution in [2.75, 3.05) is 0 Å². The van der Waals surface area contributed by atoms with Gasteiger partial charge in [0.05, 0.1) is 29.0 Å². The van der Waals surface area contributed by atoms with Crippen molar-refractivity contribution in [1.29, 1.82) is 0 Å². The van der Waals surface area contributed by atoms with Crippen LogP contribution in [0.1, 0.15) is 35.6 Å². The van der Waals surface area contributed by atoms with Gasteiger partial charge in [0.1, 0.15) is 6.61 Å². The summed E-state index contributed by atoms with van der Waals surface area (Å²) in [6.07, 6.45) is 0.125. The summed E-state index contributed by atoms with van der Waals surface area (Å²) < 4.78 is 7.74. The van der Waals surface area contributed by atoms with Gasteiger partial charge in [0.2, 0.25) is 0 Å². The molecular formula is C21H16Br2N2O4. The van der Waals surface area contributed by atoms with E-state index in [1.807, 2.05) is 18.2 Å². The second-order valence-electron chi connectivity index (χ2n) is 7.32. The molecule has 1 atom stereocenters. The molecule has 0 saturated heterocycles. The Hall–Kier alpha value is -2.03. The monoisotopic (exact) mass is 518 g/mol. The summed E-state index contributed by atoms with van der Waals surface area (Å²) in [6.45, 7) is 1.97. The first-order chi connectivity index (χ1) is 13.9. The summed E-state index contributed by atoms with van der Waals surface area (Å²) in [5.74, 6) is -0.715. The summed E-state index contributed by atoms with van der Waals surface area (Å²) in [5.41, 5.74) is 2.81. The minimum Gasteiger partial charge on any atom is -0.458 e. The van der Waals surface area contributed by atoms with Crippen LogP contribution < -0.4 is 5.56 Å². The third kappa shape index (κ3) is 2.52. The fourth-order valence-electron chi connectivity index (χ4n) is 4.29. The van der Waals surface area contributed by atoms with Crippen molar-refractivity contribution in [3.8, 4) is 11.4 Å². The van der Waals surface area contributed by atoms with Gasteiger partial charge in [-0.3, -0.25) is 4.79 Å². The number of pyridine rings is 2. The van der Waals surface area contributed by atoms with Gasteiger partial charge < -0.3 is 14.4 Å². The highest BCUT2D eigenvalue weighted by Crippen LogP contribution is 2.40. The van der Waals surface area contributed by atoms with Crippen LogP contribution >= 0.6 is 31.9 Å². The fraction of sp³-hybridized carbons (Fsp3) is 0.286. The van der Waals surface area contributed by atoms with E-state index >= 15 is 0 Å². The summed E-state index contributed by atoms with van der Waals surface area (Å²) in [5, 5.41) is 12.6. The Labute approximate surface area is 182 Å². The quantitative estimate of drug-likeness (QED) is 0.322. The Morgan fingerprint density at radius 1 is 1.28 bits per heavy atom. The second kappa shape index (κ2) is 6.48. The Morgan fingerprint density at radius 3 is 2.79 bits per heavy atom. The molecular weight excluding hydrogens is 504 g/mol. The van der Waals surface area contributed by atoms with Crippen LogP contribution in [0.2, 0.25) is 0 Å². The van der Waals surface area contributed by atoms with Crippen LogP contribution in [0.4, 0.5) is 0 Å². The van der Waals surface area contributed by atoms with Crippen molar-refractivity contribution >= 4 is 48.7 Å². The Balaban J connectivity index is 1.84. The molecule has 0 fully saturated rings. The number of cyclic esters (lactones) is 1. The van der Waals surface area contributed by atoms with Crippen molar-refractivity contribution in [2.24, 2.45) is 0 Å². The van der Waals surface area contributed by atoms with Gasteiger partial charge in [-0.05, 0) is 36.2 Å². The van der Waals surface area contributed by atoms with Gasteiger partial charge in [0.25, 0.3) is 5.56 Å². The largest absolute Gasteiger partial charge is 0.458 e. The fourth-order valence-corrected chi connectivity index (χ4v) is 5.29. The predicted molar refractivity (Wildman–Crippen MR) is 115 cm³/mol. The number of carbonyl (C=O) groups is 1. The molecule has 2 aliphatic heterocycles. The van der Waals surface area contributed by atoms with Crippen LogP contribution in [0, 0.1) is 0 Å². The van der Waals surface area contributed by atoms with Crippen molar-refractivity contribution in [3.05, 3.63) is 61.3 Å². The van der Waals surface area contributed by atoms with Crippen LogP contribution in [-0.2, 0) is 33.6 Å². The third-order valence-corrected chi connectivity index (χ3v) is 6.96. The number of aromatic nitrogens is 2. The van der Waals surface area contributed by atoms with Gasteiger partial charge in [0.15, 0.2) is 5.60 Å². The molecule has 1 N–H and O–H groups in total. The number of alkyl halides is 1. The number of halogens is 2. The molecule has 0 spiro atoms. The lowest BCUT2D eigenvalue weighted by Gasteiger charge is -2.31. The number of fused-ring (bicyclic) bond motifs is 5. The smallest absolute Gasteiger partial charge is 0.343 e. The van der Waals surface area contributed by atoms with Crippen molar-refractivity contribution < 1.29 is 14.6 Å². The van der Waals surface area contributed by atoms with Crippen LogP contribution in [-0.4, -0.2) is 20.6 Å². The van der Waals surface area contributed by atoms with E-state index in [-0.39, 0.29) is 18.6 Å². The SMILES string of the molecule is CC[C@@]1(O)C(=O)OCc2c1cc1n(c2=O)Cc2c-1nc1ccc(Br)cc1c2CBr. The van der Waals surface area contributed by atoms with Crippen LogP contribution in [0.15, 0.2) is 33.5 Å². The maximum Gasteiger partial charge on any atom is 0.343 e. The number of nitrogens with zero attached hydrogens (tertiary/aromatic N) is 2. The lowest BCUT2D eigenvalue weighted by Crippen LogP contribution is -2.44. The van der Waals surface area contributed by atoms with Crippen molar-refractivity contribution in [3.63, 3.8) is 0 Å². The van der Waals surface area contributed by atoms with E-state index in [1.165, 1.54) is 0 Å². The molecule has 1 aromatic carbocycles. The number of hydrogen-bond acceptors (Lipinski definition) is 5. The molecule has 0 bridgehead atoms. The number of rotatable bonds is 2. The number of hydrogen-bond donors (Lipinski definition) is 1. The van der Waals surface area contributed by atoms with Crippen molar-refractivity contribution in [1.82, 2.24) is 9.55 Å². The molecule has 0 amide bonds. The van der Waals surface area contributed by atoms with E-state index < -0.39 is 11.6 Å². The topological polar surface area (TPSA) is 81.4 Å². The van der Waals surface area contributed by atoms with E-state index in [2.05, 4.69) is 31.9 Å². The third-order valence-electron chi connectivity index (χ3n) is 5.90. The summed E-state index contributed by atoms with van der Waals surface area (Å²) in [6, 6.07) is 7.63. The lowest BCUT2D eigenvalue weighted by molar-refractivity contribution is -0.172. The van der Waals surface area contributed by atoms with E-state index in [4.69, 9.17) is 9.72 Å². The maximum atomic E-state index is 13.2. The normalized spacial score (nSPS) is 19.7. The minimum atomic E-state index is -1.81. The average Bonchev–Trinajstić information content (AvgIpc) is 3.08. The van der Waals surface area contributed by atoms with Gasteiger partial charge in [-0.1, -0.05) is 38.8 Å². The molecule has 148 valence electrons. The molecule has 0 unspecified atom stereocenters. The minimum absolute atomic E-state index is 0.125. The predicted octanol–water partition coefficient (Wildman–Crippen LogP) is 3.74. The lowest BCUT2D eigenvalue weighted by atomic mass is 9.86. The average molecular weight is 520 g/mol. The number of aliphatic hydroxyl groups is 1. The molecule has 0 saturated carbocycles. The maximum absolute atomic E-state index is 13.2. The van der Waals surface area contributed by atoms with Gasteiger partial charge in [0, 0.05) is 26.3 Å². The zero-order valence-corrected chi connectivity index (χ0v) is 18.6. The zero-order valence-electron chi connectivity index (χ0n) is 15.5. The molecule has 8 heteroatoms. The summed E-state index contributed by atoms with van der Waals surface area (Å²) in [7, 11) is 0. The molecule has 6 nitrogen and oxygen atoms in total. The first kappa shape index (κ1) is 19.0. The summed E-state index contributed by atoms with van der Waals surface area (Å²) >= 11 is 7.10. The number of ether oxygens (including phenoxy) is 1. The number of benzene rings is 1. The van der Waals surface area contributed by atoms with Gasteiger partial charge in [-0.25, -0.2) is 9.78 Å². The van der Waals surface area contributed by atoms with Crippen molar-refractivity contribution in [2.45, 2.75) is 37.4 Å². The second-order valence-corrected chi connectivity index (χ2v) is 8.79. The molecule has 29 heavy (non-hydrogen) atoms. The zero-order chi connectivity index (χ0) is 20.5. The molecule has 0 radical (unpaired) electrons. The van der Waals surface area contributed by atoms with E-state index in [0.717, 1.165) is 26.5 Å². The first-order valence-electron chi connectivity index (χ1n) is 9.23. The number of carbonyl (C=O) groups excluding carboxylic acids is 1. The van der Waals surface area contributed by atoms with Crippen LogP contribution in [0.25, 0.3) is 22.3 Å². The molecule has 2 aliphatic rings. The Kier molecular flexibility index (Phi) is 4.24. The highest BCUT2D eigenvalue weighted by Gasteiger charge is 2.45. The summed E-state index contributed by atoms with van der Waals surface area (Å²) in [4.78, 5) is 30.3. The van der Waals surface area contributed by atoms with Gasteiger partial charge >= 0.3 is 5.97 Å². The van der Waals surface area contributed by atoms with Gasteiger partial charge in [-0.15, -0.1) is 0 Å². The molecule has 2 aromatic heterocycles. The van der Waals surface area contributed by atoms with E-state index in [0.29, 0.717) is 34.4 Å². The van der Waals surface area contributed by atoms with E-state index in [1.54, 1.807) is 17.6 Å². The van der Waals surface area contributed by atoms with E-state index in [9.17, 15) is 14.7 Å². The molecule has 3 aromatic rings. The highest BCUT2D eigenvalue weighted by atomic mass is 79.9. The molecule has 5 rings (SSSR count). The van der Waals surface area contributed by atoms with Gasteiger partial charge in [-0.2, -0.15) is 0 Å². The molecule has 4 heterocycles. The van der Waals surface area contributed by atoms with Crippen LogP contribution in [0.3, 0.4) is 0 Å². The Morgan fingerprint density at radius 2 is 2.07 bits per heavy atom. The Bertz CT molecular complexity index is 1280. The molecule has 0 aliphatic carbocycles. The highest BCUT2D eigenvalue weighted by molar-refractivity contribution is 9.10. The standard InChI is InChI=1S/C21H16Br2N2O4/c1-2-21(28)15-6-17-18-13(8-25(17)19(26)14(15)9-29-20(21)27)12(7-22)11-5-10(23)3-4-16(11)24-18/h3-6,28H,2,7-9H2,1H3/t21-/m0/s1. The first-order valence-corrected chi connectivity index (χ1v) is 11.1.